The first kappa shape index (κ1) is 21.4. The number of hydrogen-bond donors (Lipinski definition) is 1. The molecule has 6 nitrogen and oxygen atoms in total. The van der Waals surface area contributed by atoms with Crippen LogP contribution in [-0.4, -0.2) is 20.4 Å². The Balaban J connectivity index is 1.37. The summed E-state index contributed by atoms with van der Waals surface area (Å²) in [7, 11) is 1.88. The van der Waals surface area contributed by atoms with Gasteiger partial charge in [-0.2, -0.15) is 13.2 Å². The summed E-state index contributed by atoms with van der Waals surface area (Å²) in [4.78, 5) is 20.8. The van der Waals surface area contributed by atoms with Crippen molar-refractivity contribution in [2.24, 2.45) is 7.05 Å². The van der Waals surface area contributed by atoms with E-state index in [2.05, 4.69) is 15.3 Å². The number of fused-ring (bicyclic) bond motifs is 1. The summed E-state index contributed by atoms with van der Waals surface area (Å²) >= 11 is 0. The summed E-state index contributed by atoms with van der Waals surface area (Å²) in [5, 5.41) is 3.55. The number of benzene rings is 1. The smallest absolute Gasteiger partial charge is 0.416 e. The van der Waals surface area contributed by atoms with Gasteiger partial charge in [0.15, 0.2) is 0 Å². The molecule has 32 heavy (non-hydrogen) atoms. The van der Waals surface area contributed by atoms with E-state index >= 15 is 0 Å². The third-order valence-corrected chi connectivity index (χ3v) is 4.85. The lowest BCUT2D eigenvalue weighted by atomic mass is 10.1. The number of aryl methyl sites for hydroxylation is 1. The normalized spacial score (nSPS) is 14.0. The number of nitrogens with one attached hydrogen (secondary N) is 1. The third kappa shape index (κ3) is 4.88. The fourth-order valence-corrected chi connectivity index (χ4v) is 3.23. The average molecular weight is 440 g/mol. The summed E-state index contributed by atoms with van der Waals surface area (Å²) in [5.74, 6) is 0.671. The van der Waals surface area contributed by atoms with E-state index in [1.807, 2.05) is 36.0 Å². The summed E-state index contributed by atoms with van der Waals surface area (Å²) in [6.45, 7) is 0. The van der Waals surface area contributed by atoms with Gasteiger partial charge in [-0.3, -0.25) is 4.79 Å². The van der Waals surface area contributed by atoms with E-state index in [0.717, 1.165) is 23.2 Å². The van der Waals surface area contributed by atoms with Gasteiger partial charge in [-0.25, -0.2) is 9.97 Å². The Kier molecular flexibility index (Phi) is 5.81. The lowest BCUT2D eigenvalue weighted by Gasteiger charge is -2.08. The van der Waals surface area contributed by atoms with E-state index < -0.39 is 11.7 Å². The highest BCUT2D eigenvalue weighted by Crippen LogP contribution is 2.29. The molecule has 9 heteroatoms. The van der Waals surface area contributed by atoms with E-state index in [4.69, 9.17) is 4.74 Å². The molecule has 0 fully saturated rings. The van der Waals surface area contributed by atoms with Crippen molar-refractivity contribution in [3.05, 3.63) is 89.7 Å². The molecule has 4 rings (SSSR count). The monoisotopic (exact) mass is 440 g/mol. The van der Waals surface area contributed by atoms with E-state index in [0.29, 0.717) is 29.3 Å². The van der Waals surface area contributed by atoms with Gasteiger partial charge in [-0.05, 0) is 48.4 Å². The predicted molar refractivity (Wildman–Crippen MR) is 112 cm³/mol. The van der Waals surface area contributed by atoms with Crippen LogP contribution in [0.5, 0.6) is 5.88 Å². The van der Waals surface area contributed by atoms with Crippen LogP contribution in [-0.2, 0) is 24.4 Å². The maximum Gasteiger partial charge on any atom is 0.416 e. The molecule has 164 valence electrons. The minimum atomic E-state index is -4.40. The molecule has 0 aliphatic heterocycles. The Hall–Kier alpha value is -3.88. The highest BCUT2D eigenvalue weighted by molar-refractivity contribution is 5.82. The van der Waals surface area contributed by atoms with Gasteiger partial charge in [0.05, 0.1) is 17.4 Å². The largest absolute Gasteiger partial charge is 0.439 e. The van der Waals surface area contributed by atoms with Gasteiger partial charge in [0, 0.05) is 18.9 Å². The van der Waals surface area contributed by atoms with Gasteiger partial charge in [-0.1, -0.05) is 18.2 Å². The van der Waals surface area contributed by atoms with Gasteiger partial charge in [0.1, 0.15) is 17.7 Å². The van der Waals surface area contributed by atoms with Crippen molar-refractivity contribution in [2.45, 2.75) is 19.0 Å². The lowest BCUT2D eigenvalue weighted by Crippen LogP contribution is -2.23. The van der Waals surface area contributed by atoms with Crippen LogP contribution in [0.2, 0.25) is 0 Å². The van der Waals surface area contributed by atoms with Crippen LogP contribution in [0.4, 0.5) is 13.2 Å². The Morgan fingerprint density at radius 1 is 1.12 bits per heavy atom. The molecule has 1 N–H and O–H groups in total. The Morgan fingerprint density at radius 2 is 1.91 bits per heavy atom. The van der Waals surface area contributed by atoms with Gasteiger partial charge >= 0.3 is 6.18 Å². The molecule has 2 aromatic heterocycles. The molecule has 0 spiro atoms. The van der Waals surface area contributed by atoms with Gasteiger partial charge in [0.25, 0.3) is 0 Å². The van der Waals surface area contributed by atoms with Crippen molar-refractivity contribution in [3.8, 4) is 5.88 Å². The van der Waals surface area contributed by atoms with Crippen LogP contribution in [0, 0.1) is 0 Å². The van der Waals surface area contributed by atoms with Crippen molar-refractivity contribution >= 4 is 16.9 Å². The second-order valence-corrected chi connectivity index (χ2v) is 7.20. The zero-order chi connectivity index (χ0) is 22.7. The quantitative estimate of drug-likeness (QED) is 0.637. The van der Waals surface area contributed by atoms with Crippen molar-refractivity contribution in [1.29, 1.82) is 0 Å². The van der Waals surface area contributed by atoms with Gasteiger partial charge in [0.2, 0.25) is 11.8 Å². The summed E-state index contributed by atoms with van der Waals surface area (Å²) < 4.78 is 45.8. The summed E-state index contributed by atoms with van der Waals surface area (Å²) in [6.07, 6.45) is 6.47. The first-order valence-electron chi connectivity index (χ1n) is 9.78. The molecule has 1 aliphatic carbocycles. The third-order valence-electron chi connectivity index (χ3n) is 4.85. The summed E-state index contributed by atoms with van der Waals surface area (Å²) in [5.41, 5.74) is 1.07. The highest BCUT2D eigenvalue weighted by atomic mass is 19.4. The molecule has 0 saturated heterocycles. The van der Waals surface area contributed by atoms with E-state index in [1.165, 1.54) is 18.5 Å². The first-order chi connectivity index (χ1) is 15.3. The number of carbonyl (C=O) groups is 1. The Bertz CT molecular complexity index is 1240. The van der Waals surface area contributed by atoms with Crippen molar-refractivity contribution in [3.63, 3.8) is 0 Å². The maximum atomic E-state index is 12.7. The molecule has 0 atom stereocenters. The molecule has 1 aliphatic rings. The zero-order valence-electron chi connectivity index (χ0n) is 17.1. The van der Waals surface area contributed by atoms with Crippen LogP contribution in [0.15, 0.2) is 78.6 Å². The van der Waals surface area contributed by atoms with Gasteiger partial charge < -0.3 is 14.6 Å². The number of aromatic nitrogens is 3. The van der Waals surface area contributed by atoms with E-state index in [1.54, 1.807) is 12.2 Å². The van der Waals surface area contributed by atoms with Crippen LogP contribution >= 0.6 is 0 Å². The molecule has 1 amide bonds. The molecule has 0 radical (unpaired) electrons. The predicted octanol–water partition coefficient (Wildman–Crippen LogP) is 4.45. The molecule has 0 unspecified atom stereocenters. The standard InChI is InChI=1S/C23H19F3N4O2/c1-30-12-11-19-21(30)27-14-28-22(19)32-18-4-2-3-17(9-10-18)29-20(31)13-15-5-7-16(8-6-15)23(24,25)26/h3-12,14H,2,13H2,1H3,(H,29,31). The van der Waals surface area contributed by atoms with E-state index in [-0.39, 0.29) is 12.3 Å². The van der Waals surface area contributed by atoms with Crippen molar-refractivity contribution in [1.82, 2.24) is 19.9 Å². The number of carbonyl (C=O) groups excluding carboxylic acids is 1. The summed E-state index contributed by atoms with van der Waals surface area (Å²) in [6, 6.07) is 6.42. The number of nitrogens with zero attached hydrogens (tertiary/aromatic N) is 3. The topological polar surface area (TPSA) is 69.0 Å². The molecule has 3 aromatic rings. The first-order valence-corrected chi connectivity index (χ1v) is 9.78. The number of ether oxygens (including phenoxy) is 1. The number of rotatable bonds is 5. The Labute approximate surface area is 181 Å². The SMILES string of the molecule is Cn1ccc2c(OC3=CCC=C(NC(=O)Cc4ccc(C(F)(F)F)cc4)C=C3)ncnc21. The lowest BCUT2D eigenvalue weighted by molar-refractivity contribution is -0.137. The number of alkyl halides is 3. The number of halogens is 3. The van der Waals surface area contributed by atoms with Crippen molar-refractivity contribution in [2.75, 3.05) is 0 Å². The second kappa shape index (κ2) is 8.70. The van der Waals surface area contributed by atoms with Crippen LogP contribution in [0.1, 0.15) is 17.5 Å². The molecule has 1 aromatic carbocycles. The average Bonchev–Trinajstić information content (AvgIpc) is 2.99. The van der Waals surface area contributed by atoms with Crippen LogP contribution < -0.4 is 10.1 Å². The fourth-order valence-electron chi connectivity index (χ4n) is 3.23. The maximum absolute atomic E-state index is 12.7. The Morgan fingerprint density at radius 3 is 2.66 bits per heavy atom. The van der Waals surface area contributed by atoms with Crippen LogP contribution in [0.25, 0.3) is 11.0 Å². The number of amides is 1. The van der Waals surface area contributed by atoms with Crippen molar-refractivity contribution < 1.29 is 22.7 Å². The fraction of sp³-hybridized carbons (Fsp3) is 0.174. The molecule has 2 heterocycles. The van der Waals surface area contributed by atoms with Crippen LogP contribution in [0.3, 0.4) is 0 Å². The second-order valence-electron chi connectivity index (χ2n) is 7.20. The number of hydrogen-bond acceptors (Lipinski definition) is 4. The minimum Gasteiger partial charge on any atom is -0.439 e. The molecular formula is C23H19F3N4O2. The number of allylic oxidation sites excluding steroid dienone is 4. The van der Waals surface area contributed by atoms with Gasteiger partial charge in [-0.15, -0.1) is 0 Å². The molecule has 0 bridgehead atoms. The highest BCUT2D eigenvalue weighted by Gasteiger charge is 2.30. The molecule has 0 saturated carbocycles. The zero-order valence-corrected chi connectivity index (χ0v) is 17.1. The van der Waals surface area contributed by atoms with E-state index in [9.17, 15) is 18.0 Å². The minimum absolute atomic E-state index is 0.0347. The molecular weight excluding hydrogens is 421 g/mol.